The molecule has 0 aromatic heterocycles. The van der Waals surface area contributed by atoms with Gasteiger partial charge in [0.05, 0.1) is 18.6 Å². The van der Waals surface area contributed by atoms with E-state index in [0.717, 1.165) is 0 Å². The topological polar surface area (TPSA) is 87.1 Å². The van der Waals surface area contributed by atoms with Crippen LogP contribution in [-0.4, -0.2) is 47.2 Å². The first-order valence-electron chi connectivity index (χ1n) is 6.33. The van der Waals surface area contributed by atoms with E-state index in [1.54, 1.807) is 13.0 Å². The molecule has 2 N–H and O–H groups in total. The number of amides is 1. The number of hydrogen-bond acceptors (Lipinski definition) is 4. The third kappa shape index (κ3) is 2.54. The summed E-state index contributed by atoms with van der Waals surface area (Å²) in [6, 6.07) is 4.40. The van der Waals surface area contributed by atoms with E-state index in [9.17, 15) is 14.7 Å². The molecule has 1 aromatic rings. The zero-order chi connectivity index (χ0) is 14.9. The Morgan fingerprint density at radius 3 is 2.60 bits per heavy atom. The number of aromatic hydroxyl groups is 1. The molecule has 2 atom stereocenters. The summed E-state index contributed by atoms with van der Waals surface area (Å²) in [4.78, 5) is 24.9. The smallest absolute Gasteiger partial charge is 0.308 e. The van der Waals surface area contributed by atoms with E-state index in [1.807, 2.05) is 0 Å². The standard InChI is InChI=1S/C14H17NO5/c1-8-6-15(7-11(8)14(18)19)13(17)10-5-9(20-2)3-4-12(10)16/h3-5,8,11,16H,6-7H2,1-2H3,(H,18,19). The molecule has 0 saturated carbocycles. The molecule has 0 aliphatic carbocycles. The van der Waals surface area contributed by atoms with Crippen LogP contribution in [0.4, 0.5) is 0 Å². The van der Waals surface area contributed by atoms with Gasteiger partial charge in [-0.3, -0.25) is 9.59 Å². The van der Waals surface area contributed by atoms with E-state index in [-0.39, 0.29) is 29.7 Å². The van der Waals surface area contributed by atoms with Crippen molar-refractivity contribution in [1.29, 1.82) is 0 Å². The lowest BCUT2D eigenvalue weighted by Gasteiger charge is -2.17. The van der Waals surface area contributed by atoms with Gasteiger partial charge in [0.1, 0.15) is 11.5 Å². The molecule has 1 saturated heterocycles. The number of carboxylic acids is 1. The summed E-state index contributed by atoms with van der Waals surface area (Å²) in [7, 11) is 1.47. The predicted molar refractivity (Wildman–Crippen MR) is 70.9 cm³/mol. The molecule has 2 unspecified atom stereocenters. The van der Waals surface area contributed by atoms with Gasteiger partial charge < -0.3 is 19.8 Å². The van der Waals surface area contributed by atoms with Crippen molar-refractivity contribution in [2.75, 3.05) is 20.2 Å². The highest BCUT2D eigenvalue weighted by Crippen LogP contribution is 2.29. The fraction of sp³-hybridized carbons (Fsp3) is 0.429. The minimum atomic E-state index is -0.900. The van der Waals surface area contributed by atoms with Crippen molar-refractivity contribution in [2.45, 2.75) is 6.92 Å². The van der Waals surface area contributed by atoms with E-state index < -0.39 is 11.9 Å². The molecule has 1 aliphatic rings. The van der Waals surface area contributed by atoms with Gasteiger partial charge in [0.15, 0.2) is 0 Å². The molecule has 6 nitrogen and oxygen atoms in total. The molecule has 1 aliphatic heterocycles. The number of likely N-dealkylation sites (tertiary alicyclic amines) is 1. The summed E-state index contributed by atoms with van der Waals surface area (Å²) in [6.07, 6.45) is 0. The molecule has 2 rings (SSSR count). The van der Waals surface area contributed by atoms with E-state index in [1.165, 1.54) is 24.1 Å². The number of methoxy groups -OCH3 is 1. The second-order valence-corrected chi connectivity index (χ2v) is 5.02. The Kier molecular flexibility index (Phi) is 3.83. The fourth-order valence-corrected chi connectivity index (χ4v) is 2.44. The molecule has 20 heavy (non-hydrogen) atoms. The average Bonchev–Trinajstić information content (AvgIpc) is 2.81. The molecule has 0 bridgehead atoms. The number of phenolic OH excluding ortho intramolecular Hbond substituents is 1. The minimum absolute atomic E-state index is 0.107. The number of benzene rings is 1. The number of aliphatic carboxylic acids is 1. The Labute approximate surface area is 116 Å². The van der Waals surface area contributed by atoms with Crippen LogP contribution in [0.15, 0.2) is 18.2 Å². The first-order chi connectivity index (χ1) is 9.43. The Morgan fingerprint density at radius 1 is 1.35 bits per heavy atom. The number of ether oxygens (including phenoxy) is 1. The third-order valence-corrected chi connectivity index (χ3v) is 3.65. The lowest BCUT2D eigenvalue weighted by molar-refractivity contribution is -0.142. The molecule has 6 heteroatoms. The Balaban J connectivity index is 2.22. The van der Waals surface area contributed by atoms with Gasteiger partial charge in [-0.15, -0.1) is 0 Å². The largest absolute Gasteiger partial charge is 0.507 e. The van der Waals surface area contributed by atoms with Crippen LogP contribution in [0.2, 0.25) is 0 Å². The van der Waals surface area contributed by atoms with Gasteiger partial charge >= 0.3 is 5.97 Å². The van der Waals surface area contributed by atoms with Gasteiger partial charge in [0, 0.05) is 13.1 Å². The highest BCUT2D eigenvalue weighted by molar-refractivity contribution is 5.97. The quantitative estimate of drug-likeness (QED) is 0.868. The van der Waals surface area contributed by atoms with Crippen LogP contribution >= 0.6 is 0 Å². The number of carbonyl (C=O) groups is 2. The van der Waals surface area contributed by atoms with E-state index in [4.69, 9.17) is 9.84 Å². The van der Waals surface area contributed by atoms with Gasteiger partial charge in [0.2, 0.25) is 0 Å². The van der Waals surface area contributed by atoms with Crippen molar-refractivity contribution in [3.63, 3.8) is 0 Å². The summed E-state index contributed by atoms with van der Waals surface area (Å²) in [5.74, 6) is -1.62. The zero-order valence-corrected chi connectivity index (χ0v) is 11.4. The Hall–Kier alpha value is -2.24. The normalized spacial score (nSPS) is 21.8. The second kappa shape index (κ2) is 5.40. The molecule has 1 aromatic carbocycles. The van der Waals surface area contributed by atoms with Crippen molar-refractivity contribution in [3.8, 4) is 11.5 Å². The van der Waals surface area contributed by atoms with Crippen LogP contribution in [0.3, 0.4) is 0 Å². The van der Waals surface area contributed by atoms with Crippen LogP contribution in [0.5, 0.6) is 11.5 Å². The molecule has 1 amide bonds. The first-order valence-corrected chi connectivity index (χ1v) is 6.33. The lowest BCUT2D eigenvalue weighted by Crippen LogP contribution is -2.30. The van der Waals surface area contributed by atoms with Gasteiger partial charge in [-0.2, -0.15) is 0 Å². The average molecular weight is 279 g/mol. The fourth-order valence-electron chi connectivity index (χ4n) is 2.44. The number of rotatable bonds is 3. The predicted octanol–water partition coefficient (Wildman–Crippen LogP) is 1.19. The maximum atomic E-state index is 12.4. The molecule has 0 radical (unpaired) electrons. The molecule has 1 heterocycles. The van der Waals surface area contributed by atoms with Crippen LogP contribution in [0.25, 0.3) is 0 Å². The number of carboxylic acid groups (broad SMARTS) is 1. The molecular weight excluding hydrogens is 262 g/mol. The van der Waals surface area contributed by atoms with Crippen molar-refractivity contribution in [2.24, 2.45) is 11.8 Å². The maximum absolute atomic E-state index is 12.4. The van der Waals surface area contributed by atoms with Gasteiger partial charge in [-0.25, -0.2) is 0 Å². The van der Waals surface area contributed by atoms with Gasteiger partial charge in [0.25, 0.3) is 5.91 Å². The number of phenols is 1. The number of hydrogen-bond donors (Lipinski definition) is 2. The van der Waals surface area contributed by atoms with Gasteiger partial charge in [-0.1, -0.05) is 6.92 Å². The summed E-state index contributed by atoms with van der Waals surface area (Å²) in [5.41, 5.74) is 0.127. The van der Waals surface area contributed by atoms with E-state index >= 15 is 0 Å². The van der Waals surface area contributed by atoms with Crippen LogP contribution in [0.1, 0.15) is 17.3 Å². The first kappa shape index (κ1) is 14.2. The monoisotopic (exact) mass is 279 g/mol. The Morgan fingerprint density at radius 2 is 2.05 bits per heavy atom. The SMILES string of the molecule is COc1ccc(O)c(C(=O)N2CC(C)C(C(=O)O)C2)c1. The minimum Gasteiger partial charge on any atom is -0.507 e. The molecule has 1 fully saturated rings. The molecule has 0 spiro atoms. The van der Waals surface area contributed by atoms with E-state index in [0.29, 0.717) is 12.3 Å². The lowest BCUT2D eigenvalue weighted by atomic mass is 9.99. The zero-order valence-electron chi connectivity index (χ0n) is 11.4. The van der Waals surface area contributed by atoms with Crippen molar-refractivity contribution < 1.29 is 24.5 Å². The van der Waals surface area contributed by atoms with Crippen molar-refractivity contribution in [1.82, 2.24) is 4.90 Å². The van der Waals surface area contributed by atoms with Crippen LogP contribution in [0, 0.1) is 11.8 Å². The van der Waals surface area contributed by atoms with Crippen molar-refractivity contribution in [3.05, 3.63) is 23.8 Å². The third-order valence-electron chi connectivity index (χ3n) is 3.65. The molecule has 108 valence electrons. The summed E-state index contributed by atoms with van der Waals surface area (Å²) in [5, 5.41) is 18.9. The van der Waals surface area contributed by atoms with Gasteiger partial charge in [-0.05, 0) is 24.1 Å². The Bertz CT molecular complexity index is 542. The molecular formula is C14H17NO5. The highest BCUT2D eigenvalue weighted by atomic mass is 16.5. The van der Waals surface area contributed by atoms with Crippen LogP contribution < -0.4 is 4.74 Å². The summed E-state index contributed by atoms with van der Waals surface area (Å²) < 4.78 is 5.03. The van der Waals surface area contributed by atoms with Crippen LogP contribution in [-0.2, 0) is 4.79 Å². The maximum Gasteiger partial charge on any atom is 0.308 e. The number of nitrogens with zero attached hydrogens (tertiary/aromatic N) is 1. The second-order valence-electron chi connectivity index (χ2n) is 5.02. The highest BCUT2D eigenvalue weighted by Gasteiger charge is 2.37. The summed E-state index contributed by atoms with van der Waals surface area (Å²) >= 11 is 0. The number of carbonyl (C=O) groups excluding carboxylic acids is 1. The summed E-state index contributed by atoms with van der Waals surface area (Å²) in [6.45, 7) is 2.33. The van der Waals surface area contributed by atoms with E-state index in [2.05, 4.69) is 0 Å². The van der Waals surface area contributed by atoms with Crippen molar-refractivity contribution >= 4 is 11.9 Å².